The Bertz CT molecular complexity index is 164. The Kier molecular flexibility index (Phi) is 1.73. The van der Waals surface area contributed by atoms with Crippen molar-refractivity contribution in [2.75, 3.05) is 0 Å². The molecule has 1 aliphatic rings. The number of nitrogens with zero attached hydrogens (tertiary/aromatic N) is 2. The van der Waals surface area contributed by atoms with Crippen LogP contribution in [-0.4, -0.2) is 16.2 Å². The Balaban J connectivity index is 2.70. The molecule has 9 heavy (non-hydrogen) atoms. The van der Waals surface area contributed by atoms with E-state index in [-0.39, 0.29) is 4.95 Å². The van der Waals surface area contributed by atoms with E-state index in [1.807, 2.05) is 0 Å². The molecule has 0 saturated heterocycles. The van der Waals surface area contributed by atoms with Crippen LogP contribution in [0.25, 0.3) is 0 Å². The largest absolute Gasteiger partial charge is 0.382 e. The molecule has 0 saturated carbocycles. The van der Waals surface area contributed by atoms with E-state index < -0.39 is 0 Å². The van der Waals surface area contributed by atoms with Crippen LogP contribution in [0.2, 0.25) is 0 Å². The molecule has 1 rings (SSSR count). The Labute approximate surface area is 61.3 Å². The molecule has 0 spiro atoms. The van der Waals surface area contributed by atoms with E-state index in [1.165, 1.54) is 5.01 Å². The van der Waals surface area contributed by atoms with Crippen molar-refractivity contribution in [3.05, 3.63) is 12.0 Å². The van der Waals surface area contributed by atoms with Gasteiger partial charge in [-0.1, -0.05) is 15.9 Å². The number of rotatable bonds is 0. The molecule has 1 aliphatic heterocycles. The smallest absolute Gasteiger partial charge is 0.140 e. The Morgan fingerprint density at radius 1 is 1.78 bits per heavy atom. The first kappa shape index (κ1) is 6.57. The molecular weight excluding hydrogens is 184 g/mol. The van der Waals surface area contributed by atoms with Crippen LogP contribution in [0.3, 0.4) is 0 Å². The second-order valence-corrected chi connectivity index (χ2v) is 2.59. The molecule has 4 N–H and O–H groups in total. The van der Waals surface area contributed by atoms with Gasteiger partial charge in [-0.05, 0) is 0 Å². The van der Waals surface area contributed by atoms with Gasteiger partial charge in [-0.15, -0.1) is 0 Å². The van der Waals surface area contributed by atoms with Gasteiger partial charge in [-0.2, -0.15) is 0 Å². The van der Waals surface area contributed by atoms with Crippen molar-refractivity contribution in [2.24, 2.45) is 16.6 Å². The number of nitrogens with two attached hydrogens (primary N) is 2. The summed E-state index contributed by atoms with van der Waals surface area (Å²) in [5.74, 6) is 5.83. The lowest BCUT2D eigenvalue weighted by Gasteiger charge is -2.19. The molecule has 1 unspecified atom stereocenters. The maximum atomic E-state index is 5.41. The molecule has 0 aromatic carbocycles. The summed E-state index contributed by atoms with van der Waals surface area (Å²) in [5.41, 5.74) is 5.31. The van der Waals surface area contributed by atoms with Gasteiger partial charge in [-0.3, -0.25) is 5.01 Å². The average Bonchev–Trinajstić information content (AvgIpc) is 1.80. The zero-order chi connectivity index (χ0) is 6.85. The molecule has 0 aromatic rings. The van der Waals surface area contributed by atoms with Crippen molar-refractivity contribution < 1.29 is 0 Å². The number of halogens is 1. The van der Waals surface area contributed by atoms with E-state index >= 15 is 0 Å². The first-order chi connectivity index (χ1) is 4.20. The third kappa shape index (κ3) is 1.43. The predicted molar refractivity (Wildman–Crippen MR) is 39.5 cm³/mol. The summed E-state index contributed by atoms with van der Waals surface area (Å²) in [6, 6.07) is 0. The lowest BCUT2D eigenvalue weighted by molar-refractivity contribution is 0.423. The summed E-state index contributed by atoms with van der Waals surface area (Å²) in [7, 11) is 0. The van der Waals surface area contributed by atoms with Crippen molar-refractivity contribution in [2.45, 2.75) is 4.95 Å². The van der Waals surface area contributed by atoms with E-state index in [9.17, 15) is 0 Å². The third-order valence-corrected chi connectivity index (χ3v) is 1.62. The summed E-state index contributed by atoms with van der Waals surface area (Å²) in [4.78, 5) is 3.77. The van der Waals surface area contributed by atoms with Crippen LogP contribution in [0.15, 0.2) is 17.0 Å². The van der Waals surface area contributed by atoms with Crippen molar-refractivity contribution in [1.29, 1.82) is 0 Å². The lowest BCUT2D eigenvalue weighted by atomic mass is 10.5. The molecule has 0 amide bonds. The summed E-state index contributed by atoms with van der Waals surface area (Å²) in [6.07, 6.45) is 3.18. The molecule has 0 fully saturated rings. The number of aliphatic imine (C=N–C) groups is 1. The highest BCUT2D eigenvalue weighted by molar-refractivity contribution is 9.09. The normalized spacial score (nSPS) is 26.2. The van der Waals surface area contributed by atoms with Gasteiger partial charge in [0.2, 0.25) is 0 Å². The molecular formula is C4H7BrN4. The highest BCUT2D eigenvalue weighted by Crippen LogP contribution is 2.06. The topological polar surface area (TPSA) is 67.6 Å². The molecule has 4 nitrogen and oxygen atoms in total. The van der Waals surface area contributed by atoms with Crippen LogP contribution in [0.4, 0.5) is 0 Å². The van der Waals surface area contributed by atoms with Gasteiger partial charge in [0.15, 0.2) is 0 Å². The van der Waals surface area contributed by atoms with Crippen molar-refractivity contribution in [3.8, 4) is 0 Å². The predicted octanol–water partition coefficient (Wildman–Crippen LogP) is -0.275. The minimum absolute atomic E-state index is 0.0372. The summed E-state index contributed by atoms with van der Waals surface area (Å²) < 4.78 is 0. The minimum Gasteiger partial charge on any atom is -0.382 e. The van der Waals surface area contributed by atoms with Gasteiger partial charge < -0.3 is 5.73 Å². The highest BCUT2D eigenvalue weighted by atomic mass is 79.9. The zero-order valence-corrected chi connectivity index (χ0v) is 6.25. The number of hydrogen-bond donors (Lipinski definition) is 2. The molecule has 0 aromatic heterocycles. The van der Waals surface area contributed by atoms with Gasteiger partial charge in [-0.25, -0.2) is 10.8 Å². The fraction of sp³-hybridized carbons (Fsp3) is 0.250. The van der Waals surface area contributed by atoms with E-state index in [2.05, 4.69) is 20.9 Å². The van der Waals surface area contributed by atoms with Crippen LogP contribution < -0.4 is 11.6 Å². The van der Waals surface area contributed by atoms with Gasteiger partial charge in [0.1, 0.15) is 10.8 Å². The summed E-state index contributed by atoms with van der Waals surface area (Å²) in [5, 5.41) is 1.43. The maximum Gasteiger partial charge on any atom is 0.140 e. The summed E-state index contributed by atoms with van der Waals surface area (Å²) >= 11 is 3.23. The van der Waals surface area contributed by atoms with Gasteiger partial charge >= 0.3 is 0 Å². The lowest BCUT2D eigenvalue weighted by Crippen LogP contribution is -2.36. The van der Waals surface area contributed by atoms with Crippen LogP contribution >= 0.6 is 15.9 Å². The third-order valence-electron chi connectivity index (χ3n) is 0.913. The molecule has 0 bridgehead atoms. The molecule has 0 radical (unpaired) electrons. The molecule has 5 heteroatoms. The molecule has 1 atom stereocenters. The van der Waals surface area contributed by atoms with Gasteiger partial charge in [0.05, 0.1) is 6.20 Å². The fourth-order valence-corrected chi connectivity index (χ4v) is 0.718. The van der Waals surface area contributed by atoms with Crippen LogP contribution in [-0.2, 0) is 0 Å². The first-order valence-corrected chi connectivity index (χ1v) is 3.30. The monoisotopic (exact) mass is 190 g/mol. The Morgan fingerprint density at radius 2 is 2.44 bits per heavy atom. The second-order valence-electron chi connectivity index (χ2n) is 1.65. The van der Waals surface area contributed by atoms with Crippen molar-refractivity contribution in [3.63, 3.8) is 0 Å². The van der Waals surface area contributed by atoms with Crippen molar-refractivity contribution >= 4 is 22.1 Å². The fourth-order valence-electron chi connectivity index (χ4n) is 0.482. The summed E-state index contributed by atoms with van der Waals surface area (Å²) in [6.45, 7) is 0. The van der Waals surface area contributed by atoms with Gasteiger partial charge in [0, 0.05) is 6.21 Å². The second kappa shape index (κ2) is 2.36. The van der Waals surface area contributed by atoms with Crippen molar-refractivity contribution in [1.82, 2.24) is 5.01 Å². The number of hydrogen-bond acceptors (Lipinski definition) is 4. The minimum atomic E-state index is -0.0372. The number of alkyl halides is 1. The number of hydrazine groups is 1. The standard InChI is InChI=1S/C4H7BrN4/c5-3-1-8-4(6)2-9(3)7/h1-3H,6-7H2. The van der Waals surface area contributed by atoms with Crippen LogP contribution in [0.1, 0.15) is 0 Å². The highest BCUT2D eigenvalue weighted by Gasteiger charge is 2.08. The van der Waals surface area contributed by atoms with E-state index in [1.54, 1.807) is 12.4 Å². The first-order valence-electron chi connectivity index (χ1n) is 2.39. The Hall–Kier alpha value is -0.550. The van der Waals surface area contributed by atoms with E-state index in [4.69, 9.17) is 11.6 Å². The molecule has 0 aliphatic carbocycles. The molecule has 1 heterocycles. The maximum absolute atomic E-state index is 5.41. The molecule has 50 valence electrons. The Morgan fingerprint density at radius 3 is 2.89 bits per heavy atom. The van der Waals surface area contributed by atoms with Crippen LogP contribution in [0, 0.1) is 0 Å². The average molecular weight is 191 g/mol. The van der Waals surface area contributed by atoms with E-state index in [0.717, 1.165) is 0 Å². The van der Waals surface area contributed by atoms with E-state index in [0.29, 0.717) is 5.82 Å². The quantitative estimate of drug-likeness (QED) is 0.314. The zero-order valence-electron chi connectivity index (χ0n) is 4.66. The SMILES string of the molecule is NC1=CN(N)C(Br)C=N1. The van der Waals surface area contributed by atoms with Crippen LogP contribution in [0.5, 0.6) is 0 Å². The van der Waals surface area contributed by atoms with Gasteiger partial charge in [0.25, 0.3) is 0 Å².